The molecule has 30 heavy (non-hydrogen) atoms. The van der Waals surface area contributed by atoms with Crippen LogP contribution < -0.4 is 10.1 Å². The molecule has 0 fully saturated rings. The van der Waals surface area contributed by atoms with Crippen LogP contribution in [0.4, 0.5) is 5.69 Å². The second-order valence-corrected chi connectivity index (χ2v) is 8.23. The number of nitrogens with one attached hydrogen (secondary N) is 1. The van der Waals surface area contributed by atoms with E-state index in [0.29, 0.717) is 17.9 Å². The van der Waals surface area contributed by atoms with Crippen LogP contribution in [0.5, 0.6) is 5.75 Å². The normalized spacial score (nSPS) is 10.9. The lowest BCUT2D eigenvalue weighted by Gasteiger charge is -2.11. The fourth-order valence-electron chi connectivity index (χ4n) is 2.89. The van der Waals surface area contributed by atoms with Gasteiger partial charge in [-0.15, -0.1) is 0 Å². The Kier molecular flexibility index (Phi) is 7.45. The zero-order chi connectivity index (χ0) is 21.5. The molecule has 0 heterocycles. The molecule has 0 aliphatic rings. The van der Waals surface area contributed by atoms with E-state index in [2.05, 4.69) is 37.2 Å². The van der Waals surface area contributed by atoms with E-state index >= 15 is 0 Å². The van der Waals surface area contributed by atoms with Crippen LogP contribution in [0.2, 0.25) is 0 Å². The topological polar surface area (TPSA) is 62.1 Å². The number of benzene rings is 3. The SMILES string of the molecule is COc1ccc(/C=C(\C#N)C(=O)Nc2ccc(Br)cc2)c(Cc2ccccc2Br)c1. The van der Waals surface area contributed by atoms with Crippen molar-refractivity contribution in [2.75, 3.05) is 12.4 Å². The van der Waals surface area contributed by atoms with Gasteiger partial charge in [0.05, 0.1) is 7.11 Å². The van der Waals surface area contributed by atoms with Gasteiger partial charge in [0, 0.05) is 14.6 Å². The highest BCUT2D eigenvalue weighted by atomic mass is 79.9. The molecule has 0 radical (unpaired) electrons. The molecule has 0 unspecified atom stereocenters. The van der Waals surface area contributed by atoms with Crippen molar-refractivity contribution in [1.82, 2.24) is 0 Å². The van der Waals surface area contributed by atoms with Crippen molar-refractivity contribution in [1.29, 1.82) is 5.26 Å². The number of anilines is 1. The number of halogens is 2. The summed E-state index contributed by atoms with van der Waals surface area (Å²) >= 11 is 6.94. The van der Waals surface area contributed by atoms with Crippen LogP contribution in [0.1, 0.15) is 16.7 Å². The molecule has 0 saturated carbocycles. The minimum absolute atomic E-state index is 0.0245. The molecule has 3 aromatic carbocycles. The van der Waals surface area contributed by atoms with Gasteiger partial charge in [-0.2, -0.15) is 5.26 Å². The van der Waals surface area contributed by atoms with E-state index in [0.717, 1.165) is 25.6 Å². The largest absolute Gasteiger partial charge is 0.497 e. The number of ether oxygens (including phenoxy) is 1. The number of carbonyl (C=O) groups excluding carboxylic acids is 1. The van der Waals surface area contributed by atoms with Gasteiger partial charge in [-0.25, -0.2) is 0 Å². The number of hydrogen-bond donors (Lipinski definition) is 1. The molecular formula is C24H18Br2N2O2. The average Bonchev–Trinajstić information content (AvgIpc) is 2.75. The number of nitrogens with zero attached hydrogens (tertiary/aromatic N) is 1. The molecule has 0 aromatic heterocycles. The first-order chi connectivity index (χ1) is 14.5. The number of hydrogen-bond acceptors (Lipinski definition) is 3. The summed E-state index contributed by atoms with van der Waals surface area (Å²) < 4.78 is 7.27. The molecule has 150 valence electrons. The van der Waals surface area contributed by atoms with E-state index in [1.807, 2.05) is 60.7 Å². The van der Waals surface area contributed by atoms with E-state index < -0.39 is 5.91 Å². The van der Waals surface area contributed by atoms with Gasteiger partial charge in [0.2, 0.25) is 0 Å². The molecule has 1 N–H and O–H groups in total. The summed E-state index contributed by atoms with van der Waals surface area (Å²) in [5, 5.41) is 12.3. The molecule has 0 aliphatic heterocycles. The predicted octanol–water partition coefficient (Wildman–Crippen LogP) is 6.36. The number of rotatable bonds is 6. The first-order valence-corrected chi connectivity index (χ1v) is 10.7. The minimum Gasteiger partial charge on any atom is -0.497 e. The lowest BCUT2D eigenvalue weighted by molar-refractivity contribution is -0.112. The Balaban J connectivity index is 1.93. The fraction of sp³-hybridized carbons (Fsp3) is 0.0833. The average molecular weight is 526 g/mol. The quantitative estimate of drug-likeness (QED) is 0.301. The number of nitriles is 1. The first kappa shape index (κ1) is 21.8. The van der Waals surface area contributed by atoms with E-state index in [1.165, 1.54) is 0 Å². The second-order valence-electron chi connectivity index (χ2n) is 6.46. The molecule has 4 nitrogen and oxygen atoms in total. The molecule has 0 atom stereocenters. The summed E-state index contributed by atoms with van der Waals surface area (Å²) in [6, 6.07) is 22.7. The van der Waals surface area contributed by atoms with Gasteiger partial charge < -0.3 is 10.1 Å². The van der Waals surface area contributed by atoms with Crippen LogP contribution in [0.15, 0.2) is 81.2 Å². The van der Waals surface area contributed by atoms with E-state index in [1.54, 1.807) is 25.3 Å². The van der Waals surface area contributed by atoms with Crippen molar-refractivity contribution < 1.29 is 9.53 Å². The number of amides is 1. The maximum absolute atomic E-state index is 12.6. The summed E-state index contributed by atoms with van der Waals surface area (Å²) in [6.45, 7) is 0. The summed E-state index contributed by atoms with van der Waals surface area (Å²) in [7, 11) is 1.61. The number of methoxy groups -OCH3 is 1. The Labute approximate surface area is 192 Å². The molecule has 0 aliphatic carbocycles. The first-order valence-electron chi connectivity index (χ1n) is 9.09. The van der Waals surface area contributed by atoms with Gasteiger partial charge >= 0.3 is 0 Å². The van der Waals surface area contributed by atoms with Crippen LogP contribution in [0.3, 0.4) is 0 Å². The summed E-state index contributed by atoms with van der Waals surface area (Å²) in [6.07, 6.45) is 2.23. The van der Waals surface area contributed by atoms with E-state index in [-0.39, 0.29) is 5.57 Å². The van der Waals surface area contributed by atoms with Crippen LogP contribution >= 0.6 is 31.9 Å². The zero-order valence-electron chi connectivity index (χ0n) is 16.2. The molecule has 3 aromatic rings. The monoisotopic (exact) mass is 524 g/mol. The zero-order valence-corrected chi connectivity index (χ0v) is 19.3. The molecular weight excluding hydrogens is 508 g/mol. The van der Waals surface area contributed by atoms with E-state index in [4.69, 9.17) is 4.74 Å². The summed E-state index contributed by atoms with van der Waals surface area (Å²) in [4.78, 5) is 12.6. The van der Waals surface area contributed by atoms with Crippen LogP contribution in [-0.2, 0) is 11.2 Å². The van der Waals surface area contributed by atoms with Crippen molar-refractivity contribution in [3.05, 3.63) is 97.9 Å². The molecule has 3 rings (SSSR count). The third-order valence-corrected chi connectivity index (χ3v) is 5.76. The van der Waals surface area contributed by atoms with Gasteiger partial charge in [-0.05, 0) is 71.7 Å². The Morgan fingerprint density at radius 2 is 1.80 bits per heavy atom. The van der Waals surface area contributed by atoms with Crippen molar-refractivity contribution in [2.24, 2.45) is 0 Å². The maximum Gasteiger partial charge on any atom is 0.266 e. The Hall–Kier alpha value is -2.88. The van der Waals surface area contributed by atoms with E-state index in [9.17, 15) is 10.1 Å². The van der Waals surface area contributed by atoms with Crippen molar-refractivity contribution in [2.45, 2.75) is 6.42 Å². The highest BCUT2D eigenvalue weighted by Crippen LogP contribution is 2.26. The highest BCUT2D eigenvalue weighted by molar-refractivity contribution is 9.10. The smallest absolute Gasteiger partial charge is 0.266 e. The van der Waals surface area contributed by atoms with Crippen LogP contribution in [-0.4, -0.2) is 13.0 Å². The van der Waals surface area contributed by atoms with Crippen LogP contribution in [0, 0.1) is 11.3 Å². The van der Waals surface area contributed by atoms with Crippen molar-refractivity contribution in [3.63, 3.8) is 0 Å². The van der Waals surface area contributed by atoms with Gasteiger partial charge in [0.25, 0.3) is 5.91 Å². The van der Waals surface area contributed by atoms with Gasteiger partial charge in [-0.3, -0.25) is 4.79 Å². The fourth-order valence-corrected chi connectivity index (χ4v) is 3.57. The highest BCUT2D eigenvalue weighted by Gasteiger charge is 2.13. The Morgan fingerprint density at radius 3 is 2.47 bits per heavy atom. The predicted molar refractivity (Wildman–Crippen MR) is 126 cm³/mol. The maximum atomic E-state index is 12.6. The summed E-state index contributed by atoms with van der Waals surface area (Å²) in [5.74, 6) is 0.259. The second kappa shape index (κ2) is 10.2. The standard InChI is InChI=1S/C24H18Br2N2O2/c1-30-22-11-6-16(18(14-22)13-17-4-2-3-5-23(17)26)12-19(15-27)24(29)28-21-9-7-20(25)8-10-21/h2-12,14H,13H2,1H3,(H,28,29)/b19-12+. The third-order valence-electron chi connectivity index (χ3n) is 4.46. The molecule has 0 saturated heterocycles. The van der Waals surface area contributed by atoms with Gasteiger partial charge in [0.1, 0.15) is 17.4 Å². The third kappa shape index (κ3) is 5.59. The molecule has 0 spiro atoms. The molecule has 0 bridgehead atoms. The molecule has 6 heteroatoms. The van der Waals surface area contributed by atoms with Crippen molar-refractivity contribution >= 4 is 49.5 Å². The summed E-state index contributed by atoms with van der Waals surface area (Å²) in [5.41, 5.74) is 3.47. The molecule has 1 amide bonds. The number of carbonyl (C=O) groups is 1. The van der Waals surface area contributed by atoms with Crippen LogP contribution in [0.25, 0.3) is 6.08 Å². The van der Waals surface area contributed by atoms with Crippen molar-refractivity contribution in [3.8, 4) is 11.8 Å². The lowest BCUT2D eigenvalue weighted by Crippen LogP contribution is -2.13. The Morgan fingerprint density at radius 1 is 1.07 bits per heavy atom. The van der Waals surface area contributed by atoms with Gasteiger partial charge in [-0.1, -0.05) is 56.1 Å². The minimum atomic E-state index is -0.456. The lowest BCUT2D eigenvalue weighted by atomic mass is 9.97. The Bertz CT molecular complexity index is 1130. The van der Waals surface area contributed by atoms with Gasteiger partial charge in [0.15, 0.2) is 0 Å².